The fourth-order valence-electron chi connectivity index (χ4n) is 2.25. The van der Waals surface area contributed by atoms with Crippen molar-refractivity contribution in [3.8, 4) is 11.5 Å². The van der Waals surface area contributed by atoms with E-state index >= 15 is 0 Å². The van der Waals surface area contributed by atoms with Gasteiger partial charge in [-0.25, -0.2) is 0 Å². The van der Waals surface area contributed by atoms with Gasteiger partial charge < -0.3 is 19.5 Å². The number of benzene rings is 1. The van der Waals surface area contributed by atoms with Gasteiger partial charge in [0.1, 0.15) is 6.10 Å². The van der Waals surface area contributed by atoms with Crippen molar-refractivity contribution in [2.24, 2.45) is 0 Å². The highest BCUT2D eigenvalue weighted by molar-refractivity contribution is 5.43. The molecule has 3 rings (SSSR count). The average Bonchev–Trinajstić information content (AvgIpc) is 3.13. The van der Waals surface area contributed by atoms with E-state index in [2.05, 4.69) is 17.4 Å². The highest BCUT2D eigenvalue weighted by Crippen LogP contribution is 2.30. The fourth-order valence-corrected chi connectivity index (χ4v) is 2.25. The van der Waals surface area contributed by atoms with E-state index in [9.17, 15) is 0 Å². The van der Waals surface area contributed by atoms with Crippen molar-refractivity contribution in [2.75, 3.05) is 20.3 Å². The molecule has 1 aliphatic heterocycles. The number of nitrogens with one attached hydrogen (secondary N) is 1. The Kier molecular flexibility index (Phi) is 3.89. The quantitative estimate of drug-likeness (QED) is 0.853. The van der Waals surface area contributed by atoms with Crippen molar-refractivity contribution >= 4 is 0 Å². The first kappa shape index (κ1) is 12.8. The Bertz CT molecular complexity index is 425. The lowest BCUT2D eigenvalue weighted by molar-refractivity contribution is 0.138. The molecule has 0 bridgehead atoms. The third kappa shape index (κ3) is 3.39. The molecular formula is C15H21NO3. The Labute approximate surface area is 114 Å². The molecule has 0 amide bonds. The molecule has 1 aliphatic carbocycles. The Balaban J connectivity index is 1.64. The molecule has 1 aromatic carbocycles. The number of hydrogen-bond donors (Lipinski definition) is 1. The molecule has 1 unspecified atom stereocenters. The van der Waals surface area contributed by atoms with Crippen LogP contribution in [0.25, 0.3) is 0 Å². The highest BCUT2D eigenvalue weighted by Gasteiger charge is 2.21. The molecule has 1 saturated heterocycles. The Morgan fingerprint density at radius 1 is 1.26 bits per heavy atom. The highest BCUT2D eigenvalue weighted by atomic mass is 16.6. The van der Waals surface area contributed by atoms with Crippen LogP contribution >= 0.6 is 0 Å². The van der Waals surface area contributed by atoms with Crippen molar-refractivity contribution in [1.82, 2.24) is 5.32 Å². The number of methoxy groups -OCH3 is 1. The lowest BCUT2D eigenvalue weighted by Gasteiger charge is -2.16. The molecule has 1 saturated carbocycles. The first-order valence-corrected chi connectivity index (χ1v) is 7.00. The standard InChI is InChI=1S/C15H21NO3/c1-17-15-8-11(9-16-12-3-4-12)2-5-14(15)19-13-6-7-18-10-13/h2,5,8,12-13,16H,3-4,6-7,9-10H2,1H3. The number of rotatable bonds is 6. The number of hydrogen-bond acceptors (Lipinski definition) is 4. The van der Waals surface area contributed by atoms with Crippen LogP contribution in [0.5, 0.6) is 11.5 Å². The van der Waals surface area contributed by atoms with Crippen molar-refractivity contribution in [3.05, 3.63) is 23.8 Å². The van der Waals surface area contributed by atoms with Crippen molar-refractivity contribution in [1.29, 1.82) is 0 Å². The molecule has 104 valence electrons. The van der Waals surface area contributed by atoms with Crippen molar-refractivity contribution in [3.63, 3.8) is 0 Å². The second kappa shape index (κ2) is 5.80. The molecule has 0 aromatic heterocycles. The van der Waals surface area contributed by atoms with E-state index in [1.165, 1.54) is 18.4 Å². The maximum Gasteiger partial charge on any atom is 0.161 e. The molecule has 4 heteroatoms. The SMILES string of the molecule is COc1cc(CNC2CC2)ccc1OC1CCOC1. The second-order valence-corrected chi connectivity index (χ2v) is 5.24. The van der Waals surface area contributed by atoms with Gasteiger partial charge in [0.05, 0.1) is 20.3 Å². The minimum atomic E-state index is 0.157. The molecule has 0 radical (unpaired) electrons. The largest absolute Gasteiger partial charge is 0.493 e. The first-order valence-electron chi connectivity index (χ1n) is 7.00. The zero-order chi connectivity index (χ0) is 13.1. The van der Waals surface area contributed by atoms with Gasteiger partial charge in [-0.2, -0.15) is 0 Å². The Hall–Kier alpha value is -1.26. The van der Waals surface area contributed by atoms with Gasteiger partial charge >= 0.3 is 0 Å². The first-order chi connectivity index (χ1) is 9.35. The van der Waals surface area contributed by atoms with E-state index < -0.39 is 0 Å². The summed E-state index contributed by atoms with van der Waals surface area (Å²) in [6.07, 6.45) is 3.72. The molecule has 1 N–H and O–H groups in total. The Morgan fingerprint density at radius 3 is 2.84 bits per heavy atom. The summed E-state index contributed by atoms with van der Waals surface area (Å²) in [6, 6.07) is 6.88. The zero-order valence-electron chi connectivity index (χ0n) is 11.4. The minimum Gasteiger partial charge on any atom is -0.493 e. The summed E-state index contributed by atoms with van der Waals surface area (Å²) < 4.78 is 16.7. The van der Waals surface area contributed by atoms with Crippen LogP contribution in [0.2, 0.25) is 0 Å². The van der Waals surface area contributed by atoms with E-state index in [-0.39, 0.29) is 6.10 Å². The summed E-state index contributed by atoms with van der Waals surface area (Å²) in [5.41, 5.74) is 1.23. The smallest absolute Gasteiger partial charge is 0.161 e. The van der Waals surface area contributed by atoms with Gasteiger partial charge in [0.2, 0.25) is 0 Å². The molecule has 2 fully saturated rings. The summed E-state index contributed by atoms with van der Waals surface area (Å²) >= 11 is 0. The van der Waals surface area contributed by atoms with Gasteiger partial charge in [0.15, 0.2) is 11.5 Å². The monoisotopic (exact) mass is 263 g/mol. The third-order valence-corrected chi connectivity index (χ3v) is 3.58. The van der Waals surface area contributed by atoms with E-state index in [0.717, 1.165) is 37.1 Å². The van der Waals surface area contributed by atoms with Crippen LogP contribution in [0.4, 0.5) is 0 Å². The molecule has 1 aromatic rings. The van der Waals surface area contributed by atoms with Crippen LogP contribution in [0.15, 0.2) is 18.2 Å². The van der Waals surface area contributed by atoms with Crippen molar-refractivity contribution in [2.45, 2.75) is 38.0 Å². The molecule has 19 heavy (non-hydrogen) atoms. The zero-order valence-corrected chi connectivity index (χ0v) is 11.4. The van der Waals surface area contributed by atoms with Crippen LogP contribution in [-0.4, -0.2) is 32.5 Å². The minimum absolute atomic E-state index is 0.157. The van der Waals surface area contributed by atoms with Gasteiger partial charge in [-0.15, -0.1) is 0 Å². The molecule has 1 heterocycles. The summed E-state index contributed by atoms with van der Waals surface area (Å²) in [5, 5.41) is 3.50. The van der Waals surface area contributed by atoms with Crippen molar-refractivity contribution < 1.29 is 14.2 Å². The Morgan fingerprint density at radius 2 is 2.16 bits per heavy atom. The maximum absolute atomic E-state index is 5.92. The second-order valence-electron chi connectivity index (χ2n) is 5.24. The van der Waals surface area contributed by atoms with Gasteiger partial charge in [0, 0.05) is 19.0 Å². The van der Waals surface area contributed by atoms with E-state index in [1.54, 1.807) is 7.11 Å². The molecule has 4 nitrogen and oxygen atoms in total. The maximum atomic E-state index is 5.92. The van der Waals surface area contributed by atoms with Crippen LogP contribution < -0.4 is 14.8 Å². The average molecular weight is 263 g/mol. The van der Waals surface area contributed by atoms with Crippen LogP contribution in [0, 0.1) is 0 Å². The van der Waals surface area contributed by atoms with E-state index in [1.807, 2.05) is 6.07 Å². The normalized spacial score (nSPS) is 22.5. The molecule has 2 aliphatic rings. The predicted octanol–water partition coefficient (Wildman–Crippen LogP) is 2.11. The van der Waals surface area contributed by atoms with Gasteiger partial charge in [-0.3, -0.25) is 0 Å². The predicted molar refractivity (Wildman–Crippen MR) is 72.7 cm³/mol. The lowest BCUT2D eigenvalue weighted by Crippen LogP contribution is -2.17. The van der Waals surface area contributed by atoms with E-state index in [4.69, 9.17) is 14.2 Å². The van der Waals surface area contributed by atoms with Gasteiger partial charge in [-0.05, 0) is 30.5 Å². The fraction of sp³-hybridized carbons (Fsp3) is 0.600. The topological polar surface area (TPSA) is 39.7 Å². The summed E-state index contributed by atoms with van der Waals surface area (Å²) in [7, 11) is 1.69. The summed E-state index contributed by atoms with van der Waals surface area (Å²) in [4.78, 5) is 0. The van der Waals surface area contributed by atoms with E-state index in [0.29, 0.717) is 6.61 Å². The van der Waals surface area contributed by atoms with Gasteiger partial charge in [0.25, 0.3) is 0 Å². The number of ether oxygens (including phenoxy) is 3. The van der Waals surface area contributed by atoms with Gasteiger partial charge in [-0.1, -0.05) is 6.07 Å². The molecular weight excluding hydrogens is 242 g/mol. The van der Waals surface area contributed by atoms with Crippen LogP contribution in [0.3, 0.4) is 0 Å². The summed E-state index contributed by atoms with van der Waals surface area (Å²) in [5.74, 6) is 1.62. The van der Waals surface area contributed by atoms with Crippen LogP contribution in [0.1, 0.15) is 24.8 Å². The molecule has 1 atom stereocenters. The molecule has 0 spiro atoms. The summed E-state index contributed by atoms with van der Waals surface area (Å²) in [6.45, 7) is 2.36. The third-order valence-electron chi connectivity index (χ3n) is 3.58. The van der Waals surface area contributed by atoms with Crippen LogP contribution in [-0.2, 0) is 11.3 Å². The lowest BCUT2D eigenvalue weighted by atomic mass is 10.2.